The highest BCUT2D eigenvalue weighted by molar-refractivity contribution is 7.87. The fourth-order valence-corrected chi connectivity index (χ4v) is 0.818. The topological polar surface area (TPSA) is 63.6 Å². The molecule has 0 rings (SSSR count). The molecule has 0 saturated carbocycles. The van der Waals surface area contributed by atoms with Gasteiger partial charge in [0.1, 0.15) is 0 Å². The van der Waals surface area contributed by atoms with E-state index >= 15 is 0 Å². The van der Waals surface area contributed by atoms with Gasteiger partial charge in [-0.05, 0) is 0 Å². The molecule has 1 N–H and O–H groups in total. The fraction of sp³-hybridized carbons (Fsp3) is 0.333. The first-order valence-corrected chi connectivity index (χ1v) is 3.79. The van der Waals surface area contributed by atoms with E-state index in [9.17, 15) is 8.42 Å². The molecule has 0 aliphatic rings. The lowest BCUT2D eigenvalue weighted by atomic mass is 10.5. The molecule has 0 atom stereocenters. The third kappa shape index (κ3) is 4.20. The van der Waals surface area contributed by atoms with Crippen LogP contribution >= 0.6 is 0 Å². The van der Waals surface area contributed by atoms with Gasteiger partial charge in [-0.25, -0.2) is 8.42 Å². The van der Waals surface area contributed by atoms with Crippen LogP contribution in [0.25, 0.3) is 0 Å². The molecule has 0 amide bonds. The van der Waals surface area contributed by atoms with Crippen LogP contribution in [0.2, 0.25) is 0 Å². The zero-order chi connectivity index (χ0) is 7.33. The molecule has 0 unspecified atom stereocenters. The summed E-state index contributed by atoms with van der Waals surface area (Å²) in [6.07, 6.45) is 1.19. The molecule has 0 radical (unpaired) electrons. The molecule has 0 aromatic rings. The van der Waals surface area contributed by atoms with Gasteiger partial charge >= 0.3 is 7.69 Å². The smallest absolute Gasteiger partial charge is 0.429 e. The minimum Gasteiger partial charge on any atom is -0.429 e. The Hall–Kier alpha value is -0.325. The van der Waals surface area contributed by atoms with Crippen LogP contribution < -0.4 is 0 Å². The Morgan fingerprint density at radius 1 is 1.78 bits per heavy atom. The number of rotatable bonds is 4. The molecule has 4 nitrogen and oxygen atoms in total. The first-order valence-electron chi connectivity index (χ1n) is 2.21. The van der Waals surface area contributed by atoms with Crippen LogP contribution in [-0.2, 0) is 14.2 Å². The van der Waals surface area contributed by atoms with E-state index in [1.807, 2.05) is 0 Å². The molecule has 0 aliphatic heterocycles. The van der Waals surface area contributed by atoms with Crippen molar-refractivity contribution in [1.29, 1.82) is 0 Å². The molecule has 0 aromatic carbocycles. The molecule has 0 saturated heterocycles. The quantitative estimate of drug-likeness (QED) is 0.402. The maximum atomic E-state index is 10.4. The Kier molecular flexibility index (Phi) is 3.52. The lowest BCUT2D eigenvalue weighted by molar-refractivity contribution is 0.438. The third-order valence-corrected chi connectivity index (χ3v) is 1.66. The molecule has 52 valence electrons. The van der Waals surface area contributed by atoms with E-state index in [4.69, 9.17) is 5.02 Å². The van der Waals surface area contributed by atoms with Gasteiger partial charge in [0.15, 0.2) is 0 Å². The van der Waals surface area contributed by atoms with Crippen molar-refractivity contribution in [3.8, 4) is 0 Å². The van der Waals surface area contributed by atoms with E-state index in [0.717, 1.165) is 0 Å². The first kappa shape index (κ1) is 8.67. The Morgan fingerprint density at radius 2 is 2.33 bits per heavy atom. The summed E-state index contributed by atoms with van der Waals surface area (Å²) in [5.74, 6) is -0.270. The van der Waals surface area contributed by atoms with Crippen molar-refractivity contribution in [2.45, 2.75) is 0 Å². The van der Waals surface area contributed by atoms with E-state index in [-0.39, 0.29) is 5.75 Å². The normalized spacial score (nSPS) is 10.8. The first-order chi connectivity index (χ1) is 4.12. The summed E-state index contributed by atoms with van der Waals surface area (Å²) in [5, 5.41) is 7.99. The van der Waals surface area contributed by atoms with Gasteiger partial charge in [-0.15, -0.1) is 6.58 Å². The van der Waals surface area contributed by atoms with Crippen molar-refractivity contribution >= 4 is 17.8 Å². The summed E-state index contributed by atoms with van der Waals surface area (Å²) in [4.78, 5) is 0. The van der Waals surface area contributed by atoms with Crippen LogP contribution in [0.4, 0.5) is 0 Å². The van der Waals surface area contributed by atoms with Gasteiger partial charge in [0.2, 0.25) is 0 Å². The van der Waals surface area contributed by atoms with E-state index in [2.05, 4.69) is 10.7 Å². The van der Waals surface area contributed by atoms with Crippen LogP contribution in [0.3, 0.4) is 0 Å². The second kappa shape index (κ2) is 3.65. The van der Waals surface area contributed by atoms with Gasteiger partial charge in [-0.2, -0.15) is 0 Å². The van der Waals surface area contributed by atoms with E-state index < -0.39 is 17.8 Å². The Bertz CT molecular complexity index is 172. The lowest BCUT2D eigenvalue weighted by Gasteiger charge is -1.95. The van der Waals surface area contributed by atoms with Gasteiger partial charge in [0.25, 0.3) is 10.1 Å². The van der Waals surface area contributed by atoms with E-state index in [1.165, 1.54) is 6.08 Å². The molecule has 0 spiro atoms. The maximum Gasteiger partial charge on any atom is 0.452 e. The van der Waals surface area contributed by atoms with Crippen molar-refractivity contribution in [3.05, 3.63) is 12.7 Å². The van der Waals surface area contributed by atoms with Gasteiger partial charge < -0.3 is 9.12 Å². The minimum atomic E-state index is -3.55. The summed E-state index contributed by atoms with van der Waals surface area (Å²) in [7, 11) is -4.36. The van der Waals surface area contributed by atoms with Crippen LogP contribution in [0, 0.1) is 0 Å². The molecule has 0 fully saturated rings. The van der Waals surface area contributed by atoms with E-state index in [1.54, 1.807) is 0 Å². The van der Waals surface area contributed by atoms with Crippen LogP contribution in [0.15, 0.2) is 12.7 Å². The van der Waals surface area contributed by atoms with Gasteiger partial charge in [-0.1, -0.05) is 6.08 Å². The summed E-state index contributed by atoms with van der Waals surface area (Å²) in [6.45, 7) is 3.19. The highest BCUT2D eigenvalue weighted by atomic mass is 32.2. The molecule has 9 heavy (non-hydrogen) atoms. The highest BCUT2D eigenvalue weighted by Crippen LogP contribution is 1.89. The number of hydrogen-bond donors (Lipinski definition) is 1. The summed E-state index contributed by atoms with van der Waals surface area (Å²) in [6, 6.07) is 0. The number of hydrogen-bond acceptors (Lipinski definition) is 4. The zero-order valence-corrected chi connectivity index (χ0v) is 5.60. The maximum absolute atomic E-state index is 10.4. The van der Waals surface area contributed by atoms with Crippen molar-refractivity contribution in [3.63, 3.8) is 0 Å². The fourth-order valence-electron chi connectivity index (χ4n) is 0.273. The van der Waals surface area contributed by atoms with Gasteiger partial charge in [-0.3, -0.25) is 0 Å². The summed E-state index contributed by atoms with van der Waals surface area (Å²) < 4.78 is 24.7. The Morgan fingerprint density at radius 3 is 2.67 bits per heavy atom. The van der Waals surface area contributed by atoms with Crippen molar-refractivity contribution in [2.24, 2.45) is 0 Å². The largest absolute Gasteiger partial charge is 0.452 e. The molecule has 0 bridgehead atoms. The average molecular weight is 150 g/mol. The van der Waals surface area contributed by atoms with Gasteiger partial charge in [0.05, 0.1) is 5.75 Å². The molecular formula is C3H7BO4S. The second-order valence-electron chi connectivity index (χ2n) is 1.26. The van der Waals surface area contributed by atoms with Crippen molar-refractivity contribution in [2.75, 3.05) is 5.75 Å². The molecule has 0 aromatic heterocycles. The predicted molar refractivity (Wildman–Crippen MR) is 34.4 cm³/mol. The molecule has 6 heteroatoms. The second-order valence-corrected chi connectivity index (χ2v) is 2.94. The Labute approximate surface area is 54.6 Å². The predicted octanol–water partition coefficient (Wildman–Crippen LogP) is -1.22. The van der Waals surface area contributed by atoms with Crippen molar-refractivity contribution in [1.82, 2.24) is 0 Å². The summed E-state index contributed by atoms with van der Waals surface area (Å²) >= 11 is 0. The highest BCUT2D eigenvalue weighted by Gasteiger charge is 2.06. The standard InChI is InChI=1S/C3H7BO4S/c1-2-3-9(6,7)8-4-5/h2,4-5H,1,3H2. The zero-order valence-electron chi connectivity index (χ0n) is 4.78. The summed E-state index contributed by atoms with van der Waals surface area (Å²) in [5.41, 5.74) is 0. The molecule has 0 aliphatic carbocycles. The SMILES string of the molecule is C=CCS(=O)(=O)OBO. The third-order valence-electron chi connectivity index (χ3n) is 0.554. The lowest BCUT2D eigenvalue weighted by Crippen LogP contribution is -2.11. The van der Waals surface area contributed by atoms with Crippen molar-refractivity contribution < 1.29 is 17.5 Å². The Balaban J connectivity index is 3.88. The van der Waals surface area contributed by atoms with Gasteiger partial charge in [0, 0.05) is 0 Å². The van der Waals surface area contributed by atoms with E-state index in [0.29, 0.717) is 0 Å². The van der Waals surface area contributed by atoms with Crippen LogP contribution in [-0.4, -0.2) is 26.9 Å². The molecule has 0 heterocycles. The molecular weight excluding hydrogens is 143 g/mol. The minimum absolute atomic E-state index is 0.270. The van der Waals surface area contributed by atoms with Crippen LogP contribution in [0.1, 0.15) is 0 Å². The monoisotopic (exact) mass is 150 g/mol. The average Bonchev–Trinajstić information content (AvgIpc) is 1.64. The van der Waals surface area contributed by atoms with Crippen LogP contribution in [0.5, 0.6) is 0 Å².